The van der Waals surface area contributed by atoms with Crippen LogP contribution in [0.2, 0.25) is 5.02 Å². The molecule has 3 N–H and O–H groups in total. The van der Waals surface area contributed by atoms with E-state index in [2.05, 4.69) is 5.32 Å². The molecule has 0 fully saturated rings. The fourth-order valence-corrected chi connectivity index (χ4v) is 2.03. The van der Waals surface area contributed by atoms with Gasteiger partial charge >= 0.3 is 0 Å². The smallest absolute Gasteiger partial charge is 0.255 e. The molecule has 0 spiro atoms. The first-order valence-corrected chi connectivity index (χ1v) is 6.84. The topological polar surface area (TPSA) is 64.3 Å². The van der Waals surface area contributed by atoms with Crippen LogP contribution in [0.3, 0.4) is 0 Å². The van der Waals surface area contributed by atoms with Crippen molar-refractivity contribution >= 4 is 40.4 Å². The minimum Gasteiger partial charge on any atom is -0.497 e. The number of nitrogens with two attached hydrogens (primary N) is 1. The molecule has 21 heavy (non-hydrogen) atoms. The molecule has 0 atom stereocenters. The first kappa shape index (κ1) is 15.3. The van der Waals surface area contributed by atoms with Gasteiger partial charge in [-0.15, -0.1) is 0 Å². The van der Waals surface area contributed by atoms with Crippen molar-refractivity contribution in [1.29, 1.82) is 0 Å². The van der Waals surface area contributed by atoms with E-state index < -0.39 is 0 Å². The number of halogens is 1. The zero-order chi connectivity index (χ0) is 15.4. The highest BCUT2D eigenvalue weighted by Crippen LogP contribution is 2.27. The maximum atomic E-state index is 12.2. The third-order valence-electron chi connectivity index (χ3n) is 2.83. The van der Waals surface area contributed by atoms with Gasteiger partial charge in [0.15, 0.2) is 0 Å². The number of hydrogen-bond donors (Lipinski definition) is 2. The van der Waals surface area contributed by atoms with E-state index >= 15 is 0 Å². The van der Waals surface area contributed by atoms with Crippen LogP contribution in [0.15, 0.2) is 42.5 Å². The van der Waals surface area contributed by atoms with Crippen LogP contribution in [0.4, 0.5) is 5.69 Å². The number of rotatable bonds is 4. The average Bonchev–Trinajstić information content (AvgIpc) is 2.49. The molecule has 4 nitrogen and oxygen atoms in total. The monoisotopic (exact) mass is 320 g/mol. The maximum Gasteiger partial charge on any atom is 0.255 e. The quantitative estimate of drug-likeness (QED) is 0.849. The summed E-state index contributed by atoms with van der Waals surface area (Å²) in [5, 5.41) is 3.16. The predicted molar refractivity (Wildman–Crippen MR) is 88.3 cm³/mol. The Bertz CT molecular complexity index is 704. The van der Waals surface area contributed by atoms with Crippen LogP contribution in [-0.4, -0.2) is 18.0 Å². The Morgan fingerprint density at radius 2 is 1.95 bits per heavy atom. The van der Waals surface area contributed by atoms with Gasteiger partial charge < -0.3 is 15.8 Å². The average molecular weight is 321 g/mol. The molecule has 108 valence electrons. The van der Waals surface area contributed by atoms with E-state index in [1.807, 2.05) is 0 Å². The molecule has 0 aromatic heterocycles. The van der Waals surface area contributed by atoms with E-state index in [4.69, 9.17) is 34.3 Å². The summed E-state index contributed by atoms with van der Waals surface area (Å²) in [7, 11) is 1.54. The Balaban J connectivity index is 2.25. The SMILES string of the molecule is COc1ccc(Cl)c(NC(=O)c2cccc(C(N)=S)c2)c1. The second-order valence-corrected chi connectivity index (χ2v) is 5.09. The van der Waals surface area contributed by atoms with Gasteiger partial charge in [-0.05, 0) is 24.3 Å². The summed E-state index contributed by atoms with van der Waals surface area (Å²) >= 11 is 11.0. The number of nitrogens with one attached hydrogen (secondary N) is 1. The Morgan fingerprint density at radius 1 is 1.24 bits per heavy atom. The summed E-state index contributed by atoms with van der Waals surface area (Å²) in [4.78, 5) is 12.5. The van der Waals surface area contributed by atoms with Crippen LogP contribution in [0.5, 0.6) is 5.75 Å². The highest BCUT2D eigenvalue weighted by atomic mass is 35.5. The number of thiocarbonyl (C=S) groups is 1. The number of methoxy groups -OCH3 is 1. The summed E-state index contributed by atoms with van der Waals surface area (Å²) in [6, 6.07) is 11.8. The van der Waals surface area contributed by atoms with Crippen LogP contribution < -0.4 is 15.8 Å². The molecule has 0 bridgehead atoms. The van der Waals surface area contributed by atoms with Gasteiger partial charge in [0.2, 0.25) is 0 Å². The normalized spacial score (nSPS) is 10.0. The van der Waals surface area contributed by atoms with Crippen molar-refractivity contribution in [3.63, 3.8) is 0 Å². The number of ether oxygens (including phenoxy) is 1. The van der Waals surface area contributed by atoms with Crippen molar-refractivity contribution in [3.05, 3.63) is 58.6 Å². The molecule has 0 aliphatic rings. The standard InChI is InChI=1S/C15H13ClN2O2S/c1-20-11-5-6-12(16)13(8-11)18-15(19)10-4-2-3-9(7-10)14(17)21/h2-8H,1H3,(H2,17,21)(H,18,19). The Kier molecular flexibility index (Phi) is 4.77. The van der Waals surface area contributed by atoms with Gasteiger partial charge in [0.25, 0.3) is 5.91 Å². The van der Waals surface area contributed by atoms with Gasteiger partial charge in [0, 0.05) is 17.2 Å². The lowest BCUT2D eigenvalue weighted by atomic mass is 10.1. The van der Waals surface area contributed by atoms with E-state index in [1.54, 1.807) is 49.6 Å². The first-order chi connectivity index (χ1) is 10.0. The molecule has 0 saturated heterocycles. The second kappa shape index (κ2) is 6.56. The largest absolute Gasteiger partial charge is 0.497 e. The van der Waals surface area contributed by atoms with Crippen LogP contribution >= 0.6 is 23.8 Å². The Morgan fingerprint density at radius 3 is 2.62 bits per heavy atom. The molecule has 0 heterocycles. The van der Waals surface area contributed by atoms with Gasteiger partial charge in [-0.3, -0.25) is 4.79 Å². The van der Waals surface area contributed by atoms with Gasteiger partial charge in [-0.2, -0.15) is 0 Å². The van der Waals surface area contributed by atoms with E-state index in [9.17, 15) is 4.79 Å². The van der Waals surface area contributed by atoms with Gasteiger partial charge in [0.05, 0.1) is 17.8 Å². The fraction of sp³-hybridized carbons (Fsp3) is 0.0667. The van der Waals surface area contributed by atoms with Crippen LogP contribution in [0.1, 0.15) is 15.9 Å². The van der Waals surface area contributed by atoms with Crippen molar-refractivity contribution in [2.75, 3.05) is 12.4 Å². The van der Waals surface area contributed by atoms with Gasteiger partial charge in [-0.1, -0.05) is 36.0 Å². The fourth-order valence-electron chi connectivity index (χ4n) is 1.74. The third-order valence-corrected chi connectivity index (χ3v) is 3.40. The zero-order valence-corrected chi connectivity index (χ0v) is 12.8. The van der Waals surface area contributed by atoms with Crippen molar-refractivity contribution < 1.29 is 9.53 Å². The first-order valence-electron chi connectivity index (χ1n) is 6.06. The summed E-state index contributed by atoms with van der Waals surface area (Å²) in [5.74, 6) is 0.301. The van der Waals surface area contributed by atoms with E-state index in [0.29, 0.717) is 27.6 Å². The molecular weight excluding hydrogens is 308 g/mol. The van der Waals surface area contributed by atoms with E-state index in [1.165, 1.54) is 0 Å². The highest BCUT2D eigenvalue weighted by molar-refractivity contribution is 7.80. The third kappa shape index (κ3) is 3.71. The molecule has 2 rings (SSSR count). The number of amides is 1. The van der Waals surface area contributed by atoms with Gasteiger partial charge in [0.1, 0.15) is 10.7 Å². The molecule has 0 saturated carbocycles. The molecule has 2 aromatic rings. The highest BCUT2D eigenvalue weighted by Gasteiger charge is 2.10. The van der Waals surface area contributed by atoms with Crippen LogP contribution in [0, 0.1) is 0 Å². The Hall–Kier alpha value is -2.11. The predicted octanol–water partition coefficient (Wildman–Crippen LogP) is 3.24. The van der Waals surface area contributed by atoms with Crippen molar-refractivity contribution in [2.45, 2.75) is 0 Å². The lowest BCUT2D eigenvalue weighted by Crippen LogP contribution is -2.15. The zero-order valence-electron chi connectivity index (χ0n) is 11.2. The summed E-state index contributed by atoms with van der Waals surface area (Å²) in [6.45, 7) is 0. The summed E-state index contributed by atoms with van der Waals surface area (Å²) in [6.07, 6.45) is 0. The lowest BCUT2D eigenvalue weighted by Gasteiger charge is -2.09. The molecule has 1 amide bonds. The van der Waals surface area contributed by atoms with Crippen LogP contribution in [0.25, 0.3) is 0 Å². The molecule has 0 unspecified atom stereocenters. The van der Waals surface area contributed by atoms with Gasteiger partial charge in [-0.25, -0.2) is 0 Å². The molecule has 0 aliphatic carbocycles. The maximum absolute atomic E-state index is 12.2. The number of carbonyl (C=O) groups is 1. The molecule has 2 aromatic carbocycles. The Labute approximate surface area is 132 Å². The molecular formula is C15H13ClN2O2S. The van der Waals surface area contributed by atoms with Crippen LogP contribution in [-0.2, 0) is 0 Å². The second-order valence-electron chi connectivity index (χ2n) is 4.24. The van der Waals surface area contributed by atoms with Crippen molar-refractivity contribution in [3.8, 4) is 5.75 Å². The minimum atomic E-state index is -0.303. The van der Waals surface area contributed by atoms with Crippen molar-refractivity contribution in [1.82, 2.24) is 0 Å². The number of anilines is 1. The van der Waals surface area contributed by atoms with Crippen molar-refractivity contribution in [2.24, 2.45) is 5.73 Å². The molecule has 6 heteroatoms. The van der Waals surface area contributed by atoms with E-state index in [-0.39, 0.29) is 10.9 Å². The van der Waals surface area contributed by atoms with E-state index in [0.717, 1.165) is 0 Å². The summed E-state index contributed by atoms with van der Waals surface area (Å²) in [5.41, 5.74) is 7.11. The minimum absolute atomic E-state index is 0.240. The molecule has 0 aliphatic heterocycles. The summed E-state index contributed by atoms with van der Waals surface area (Å²) < 4.78 is 5.10. The number of benzene rings is 2. The number of carbonyl (C=O) groups excluding carboxylic acids is 1. The lowest BCUT2D eigenvalue weighted by molar-refractivity contribution is 0.102. The molecule has 0 radical (unpaired) electrons. The number of hydrogen-bond acceptors (Lipinski definition) is 3.